The number of carbonyl (C=O) groups is 1. The van der Waals surface area contributed by atoms with E-state index in [4.69, 9.17) is 0 Å². The molecule has 0 aliphatic carbocycles. The molecule has 1 unspecified atom stereocenters. The number of benzene rings is 2. The van der Waals surface area contributed by atoms with E-state index in [1.165, 1.54) is 17.3 Å². The lowest BCUT2D eigenvalue weighted by molar-refractivity contribution is -0.115. The zero-order valence-corrected chi connectivity index (χ0v) is 17.8. The third kappa shape index (κ3) is 4.78. The molecule has 27 heavy (non-hydrogen) atoms. The van der Waals surface area contributed by atoms with Gasteiger partial charge in [0.15, 0.2) is 11.0 Å². The third-order valence-corrected chi connectivity index (χ3v) is 5.68. The molecule has 0 radical (unpaired) electrons. The van der Waals surface area contributed by atoms with Crippen molar-refractivity contribution in [3.8, 4) is 11.4 Å². The number of hydrogen-bond donors (Lipinski definition) is 1. The van der Waals surface area contributed by atoms with Crippen LogP contribution in [0.4, 0.5) is 5.69 Å². The van der Waals surface area contributed by atoms with Gasteiger partial charge in [0, 0.05) is 22.3 Å². The predicted octanol–water partition coefficient (Wildman–Crippen LogP) is 5.16. The highest BCUT2D eigenvalue weighted by atomic mass is 79.9. The molecule has 0 bridgehead atoms. The molecule has 3 rings (SSSR count). The van der Waals surface area contributed by atoms with Crippen molar-refractivity contribution in [1.82, 2.24) is 14.8 Å². The Bertz CT molecular complexity index is 939. The molecule has 0 spiro atoms. The number of aryl methyl sites for hydroxylation is 1. The van der Waals surface area contributed by atoms with Crippen LogP contribution in [0.25, 0.3) is 11.4 Å². The van der Waals surface area contributed by atoms with Crippen molar-refractivity contribution in [3.63, 3.8) is 0 Å². The molecule has 1 amide bonds. The van der Waals surface area contributed by atoms with Gasteiger partial charge < -0.3 is 9.88 Å². The fraction of sp³-hybridized carbons (Fsp3) is 0.250. The Balaban J connectivity index is 1.75. The highest BCUT2D eigenvalue weighted by Crippen LogP contribution is 2.28. The summed E-state index contributed by atoms with van der Waals surface area (Å²) in [5.41, 5.74) is 2.98. The molecule has 7 heteroatoms. The quantitative estimate of drug-likeness (QED) is 0.533. The number of anilines is 1. The SMILES string of the molecule is CCn1c(SC(C)C(=O)Nc2ccc(Br)cc2)nnc1-c1cccc(C)c1. The number of carbonyl (C=O) groups excluding carboxylic acids is 1. The summed E-state index contributed by atoms with van der Waals surface area (Å²) in [6.07, 6.45) is 0. The molecule has 5 nitrogen and oxygen atoms in total. The summed E-state index contributed by atoms with van der Waals surface area (Å²) in [7, 11) is 0. The zero-order valence-electron chi connectivity index (χ0n) is 15.4. The van der Waals surface area contributed by atoms with Crippen molar-refractivity contribution in [3.05, 3.63) is 58.6 Å². The molecule has 3 aromatic rings. The van der Waals surface area contributed by atoms with Gasteiger partial charge in [-0.1, -0.05) is 51.5 Å². The number of aromatic nitrogens is 3. The second-order valence-electron chi connectivity index (χ2n) is 6.18. The minimum atomic E-state index is -0.298. The van der Waals surface area contributed by atoms with Crippen LogP contribution in [-0.2, 0) is 11.3 Å². The fourth-order valence-electron chi connectivity index (χ4n) is 2.65. The van der Waals surface area contributed by atoms with Gasteiger partial charge in [-0.2, -0.15) is 0 Å². The first-order valence-corrected chi connectivity index (χ1v) is 10.4. The van der Waals surface area contributed by atoms with Crippen LogP contribution in [-0.4, -0.2) is 25.9 Å². The van der Waals surface area contributed by atoms with Crippen LogP contribution in [0.5, 0.6) is 0 Å². The van der Waals surface area contributed by atoms with Gasteiger partial charge >= 0.3 is 0 Å². The van der Waals surface area contributed by atoms with E-state index in [0.29, 0.717) is 0 Å². The summed E-state index contributed by atoms with van der Waals surface area (Å²) < 4.78 is 3.02. The van der Waals surface area contributed by atoms with Crippen LogP contribution in [0.2, 0.25) is 0 Å². The van der Waals surface area contributed by atoms with Crippen LogP contribution in [0, 0.1) is 6.92 Å². The Labute approximate surface area is 171 Å². The molecule has 1 heterocycles. The van der Waals surface area contributed by atoms with E-state index in [0.717, 1.165) is 33.2 Å². The van der Waals surface area contributed by atoms with Gasteiger partial charge in [0.05, 0.1) is 5.25 Å². The Morgan fingerprint density at radius 1 is 1.22 bits per heavy atom. The van der Waals surface area contributed by atoms with Crippen LogP contribution in [0.3, 0.4) is 0 Å². The monoisotopic (exact) mass is 444 g/mol. The zero-order chi connectivity index (χ0) is 19.4. The van der Waals surface area contributed by atoms with Gasteiger partial charge in [0.25, 0.3) is 0 Å². The Kier molecular flexibility index (Phi) is 6.34. The maximum atomic E-state index is 12.5. The molecule has 0 saturated carbocycles. The van der Waals surface area contributed by atoms with E-state index in [9.17, 15) is 4.79 Å². The molecule has 140 valence electrons. The molecule has 0 aliphatic heterocycles. The van der Waals surface area contributed by atoms with E-state index in [1.54, 1.807) is 0 Å². The van der Waals surface area contributed by atoms with Gasteiger partial charge in [-0.05, 0) is 51.1 Å². The Morgan fingerprint density at radius 3 is 2.63 bits per heavy atom. The van der Waals surface area contributed by atoms with Gasteiger partial charge in [0.2, 0.25) is 5.91 Å². The molecule has 0 aliphatic rings. The largest absolute Gasteiger partial charge is 0.325 e. The summed E-state index contributed by atoms with van der Waals surface area (Å²) in [5.74, 6) is 0.759. The average molecular weight is 445 g/mol. The first-order chi connectivity index (χ1) is 13.0. The third-order valence-electron chi connectivity index (χ3n) is 4.07. The first-order valence-electron chi connectivity index (χ1n) is 8.71. The van der Waals surface area contributed by atoms with Crippen molar-refractivity contribution in [1.29, 1.82) is 0 Å². The van der Waals surface area contributed by atoms with Crippen molar-refractivity contribution in [2.75, 3.05) is 5.32 Å². The van der Waals surface area contributed by atoms with Crippen LogP contribution < -0.4 is 5.32 Å². The molecule has 0 saturated heterocycles. The van der Waals surface area contributed by atoms with Crippen LogP contribution >= 0.6 is 27.7 Å². The number of nitrogens with zero attached hydrogens (tertiary/aromatic N) is 3. The fourth-order valence-corrected chi connectivity index (χ4v) is 3.82. The van der Waals surface area contributed by atoms with Crippen LogP contribution in [0.1, 0.15) is 19.4 Å². The van der Waals surface area contributed by atoms with Crippen molar-refractivity contribution in [2.24, 2.45) is 0 Å². The van der Waals surface area contributed by atoms with Crippen molar-refractivity contribution < 1.29 is 4.79 Å². The molecule has 0 fully saturated rings. The van der Waals surface area contributed by atoms with Crippen molar-refractivity contribution >= 4 is 39.3 Å². The number of halogens is 1. The summed E-state index contributed by atoms with van der Waals surface area (Å²) in [5, 5.41) is 12.1. The van der Waals surface area contributed by atoms with Gasteiger partial charge in [0.1, 0.15) is 0 Å². The minimum Gasteiger partial charge on any atom is -0.325 e. The Hall–Kier alpha value is -2.12. The van der Waals surface area contributed by atoms with E-state index < -0.39 is 0 Å². The van der Waals surface area contributed by atoms with E-state index >= 15 is 0 Å². The second kappa shape index (κ2) is 8.71. The molecule has 1 atom stereocenters. The molecule has 1 aromatic heterocycles. The summed E-state index contributed by atoms with van der Waals surface area (Å²) in [6.45, 7) is 6.72. The lowest BCUT2D eigenvalue weighted by Crippen LogP contribution is -2.22. The standard InChI is InChI=1S/C20H21BrN4OS/c1-4-25-18(15-7-5-6-13(2)12-15)23-24-20(25)27-14(3)19(26)22-17-10-8-16(21)9-11-17/h5-12,14H,4H2,1-3H3,(H,22,26). The van der Waals surface area contributed by atoms with Gasteiger partial charge in [-0.25, -0.2) is 0 Å². The van der Waals surface area contributed by atoms with E-state index in [-0.39, 0.29) is 11.2 Å². The highest BCUT2D eigenvalue weighted by Gasteiger charge is 2.20. The molecular formula is C20H21BrN4OS. The molecular weight excluding hydrogens is 424 g/mol. The maximum absolute atomic E-state index is 12.5. The summed E-state index contributed by atoms with van der Waals surface area (Å²) >= 11 is 4.80. The minimum absolute atomic E-state index is 0.0647. The topological polar surface area (TPSA) is 59.8 Å². The van der Waals surface area contributed by atoms with Crippen molar-refractivity contribution in [2.45, 2.75) is 37.7 Å². The number of hydrogen-bond acceptors (Lipinski definition) is 4. The smallest absolute Gasteiger partial charge is 0.237 e. The maximum Gasteiger partial charge on any atom is 0.237 e. The first kappa shape index (κ1) is 19.6. The Morgan fingerprint density at radius 2 is 1.96 bits per heavy atom. The van der Waals surface area contributed by atoms with E-state index in [2.05, 4.69) is 57.4 Å². The number of amides is 1. The van der Waals surface area contributed by atoms with Gasteiger partial charge in [-0.15, -0.1) is 10.2 Å². The average Bonchev–Trinajstić information content (AvgIpc) is 3.06. The van der Waals surface area contributed by atoms with Crippen LogP contribution in [0.15, 0.2) is 58.2 Å². The second-order valence-corrected chi connectivity index (χ2v) is 8.40. The number of nitrogens with one attached hydrogen (secondary N) is 1. The van der Waals surface area contributed by atoms with E-state index in [1.807, 2.05) is 47.9 Å². The van der Waals surface area contributed by atoms with Gasteiger partial charge in [-0.3, -0.25) is 4.79 Å². The molecule has 2 aromatic carbocycles. The predicted molar refractivity (Wildman–Crippen MR) is 114 cm³/mol. The highest BCUT2D eigenvalue weighted by molar-refractivity contribution is 9.10. The summed E-state index contributed by atoms with van der Waals surface area (Å²) in [6, 6.07) is 15.7. The molecule has 1 N–H and O–H groups in total. The lowest BCUT2D eigenvalue weighted by Gasteiger charge is -2.13. The normalized spacial score (nSPS) is 12.0. The number of rotatable bonds is 6. The summed E-state index contributed by atoms with van der Waals surface area (Å²) in [4.78, 5) is 12.5. The lowest BCUT2D eigenvalue weighted by atomic mass is 10.1. The number of thioether (sulfide) groups is 1.